The SMILES string of the molecule is COCC1CC2(CCN(C(=O)C3(F)CCC3)CC2)CN1S(C)(=O)=O. The van der Waals surface area contributed by atoms with Gasteiger partial charge in [0.15, 0.2) is 5.67 Å². The van der Waals surface area contributed by atoms with Gasteiger partial charge in [-0.2, -0.15) is 4.31 Å². The van der Waals surface area contributed by atoms with Crippen LogP contribution < -0.4 is 0 Å². The maximum Gasteiger partial charge on any atom is 0.260 e. The van der Waals surface area contributed by atoms with Crippen molar-refractivity contribution in [3.63, 3.8) is 0 Å². The molecule has 6 nitrogen and oxygen atoms in total. The molecule has 1 aliphatic carbocycles. The molecule has 1 unspecified atom stereocenters. The second-order valence-electron chi connectivity index (χ2n) is 7.73. The molecule has 3 rings (SSSR count). The van der Waals surface area contributed by atoms with Crippen LogP contribution in [-0.4, -0.2) is 74.8 Å². The fraction of sp³-hybridized carbons (Fsp3) is 0.938. The fourth-order valence-electron chi connectivity index (χ4n) is 4.38. The van der Waals surface area contributed by atoms with E-state index in [1.165, 1.54) is 10.6 Å². The first-order valence-corrected chi connectivity index (χ1v) is 10.5. The van der Waals surface area contributed by atoms with Crippen molar-refractivity contribution >= 4 is 15.9 Å². The topological polar surface area (TPSA) is 66.9 Å². The van der Waals surface area contributed by atoms with Crippen LogP contribution in [0.5, 0.6) is 0 Å². The van der Waals surface area contributed by atoms with Gasteiger partial charge >= 0.3 is 0 Å². The molecule has 1 amide bonds. The van der Waals surface area contributed by atoms with Crippen molar-refractivity contribution in [2.75, 3.05) is 39.6 Å². The number of sulfonamides is 1. The van der Waals surface area contributed by atoms with Crippen molar-refractivity contribution < 1.29 is 22.3 Å². The molecule has 3 fully saturated rings. The van der Waals surface area contributed by atoms with E-state index >= 15 is 0 Å². The number of hydrogen-bond acceptors (Lipinski definition) is 4. The Labute approximate surface area is 143 Å². The van der Waals surface area contributed by atoms with Gasteiger partial charge in [-0.25, -0.2) is 12.8 Å². The Bertz CT molecular complexity index is 597. The van der Waals surface area contributed by atoms with E-state index in [2.05, 4.69) is 0 Å². The zero-order chi connectivity index (χ0) is 17.6. The smallest absolute Gasteiger partial charge is 0.260 e. The minimum atomic E-state index is -3.28. The number of likely N-dealkylation sites (tertiary alicyclic amines) is 1. The van der Waals surface area contributed by atoms with Crippen molar-refractivity contribution in [3.05, 3.63) is 0 Å². The first-order valence-electron chi connectivity index (χ1n) is 8.63. The molecule has 1 atom stereocenters. The molecule has 0 aromatic heterocycles. The third-order valence-electron chi connectivity index (χ3n) is 5.99. The summed E-state index contributed by atoms with van der Waals surface area (Å²) < 4.78 is 45.2. The third-order valence-corrected chi connectivity index (χ3v) is 7.27. The zero-order valence-corrected chi connectivity index (χ0v) is 15.3. The van der Waals surface area contributed by atoms with E-state index in [9.17, 15) is 17.6 Å². The van der Waals surface area contributed by atoms with Crippen LogP contribution in [0.3, 0.4) is 0 Å². The summed E-state index contributed by atoms with van der Waals surface area (Å²) in [5.41, 5.74) is -1.76. The summed E-state index contributed by atoms with van der Waals surface area (Å²) in [5, 5.41) is 0. The van der Waals surface area contributed by atoms with Gasteiger partial charge in [-0.05, 0) is 43.9 Å². The van der Waals surface area contributed by atoms with Gasteiger partial charge in [-0.15, -0.1) is 0 Å². The van der Waals surface area contributed by atoms with Crippen LogP contribution in [0.4, 0.5) is 4.39 Å². The van der Waals surface area contributed by atoms with Gasteiger partial charge in [0.1, 0.15) is 0 Å². The van der Waals surface area contributed by atoms with Gasteiger partial charge < -0.3 is 9.64 Å². The maximum absolute atomic E-state index is 14.3. The second-order valence-corrected chi connectivity index (χ2v) is 9.67. The standard InChI is InChI=1S/C16H27FN2O4S/c1-23-11-13-10-15(12-19(13)24(2,21)22)6-8-18(9-7-15)14(20)16(17)4-3-5-16/h13H,3-12H2,1-2H3. The third kappa shape index (κ3) is 3.20. The van der Waals surface area contributed by atoms with E-state index in [0.29, 0.717) is 39.1 Å². The normalized spacial score (nSPS) is 29.6. The van der Waals surface area contributed by atoms with E-state index in [4.69, 9.17) is 4.74 Å². The molecule has 0 N–H and O–H groups in total. The number of nitrogens with zero attached hydrogens (tertiary/aromatic N) is 2. The first-order chi connectivity index (χ1) is 11.2. The lowest BCUT2D eigenvalue weighted by Gasteiger charge is -2.43. The number of rotatable bonds is 4. The zero-order valence-electron chi connectivity index (χ0n) is 14.5. The lowest BCUT2D eigenvalue weighted by atomic mass is 9.75. The Morgan fingerprint density at radius 3 is 2.33 bits per heavy atom. The Balaban J connectivity index is 1.66. The molecule has 2 aliphatic heterocycles. The average Bonchev–Trinajstić information content (AvgIpc) is 2.84. The van der Waals surface area contributed by atoms with Gasteiger partial charge in [-0.1, -0.05) is 0 Å². The highest BCUT2D eigenvalue weighted by molar-refractivity contribution is 7.88. The summed E-state index contributed by atoms with van der Waals surface area (Å²) in [6.07, 6.45) is 4.88. The molecule has 3 aliphatic rings. The van der Waals surface area contributed by atoms with E-state index in [1.807, 2.05) is 0 Å². The molecular weight excluding hydrogens is 335 g/mol. The van der Waals surface area contributed by atoms with E-state index in [0.717, 1.165) is 25.7 Å². The molecule has 24 heavy (non-hydrogen) atoms. The van der Waals surface area contributed by atoms with Crippen LogP contribution >= 0.6 is 0 Å². The number of carbonyl (C=O) groups excluding carboxylic acids is 1. The molecule has 0 radical (unpaired) electrons. The summed E-state index contributed by atoms with van der Waals surface area (Å²) in [4.78, 5) is 14.0. The number of halogens is 1. The highest BCUT2D eigenvalue weighted by Crippen LogP contribution is 2.45. The molecule has 138 valence electrons. The summed E-state index contributed by atoms with van der Waals surface area (Å²) >= 11 is 0. The predicted molar refractivity (Wildman–Crippen MR) is 87.8 cm³/mol. The summed E-state index contributed by atoms with van der Waals surface area (Å²) in [6, 6.07) is -0.147. The molecule has 0 bridgehead atoms. The van der Waals surface area contributed by atoms with Gasteiger partial charge in [0.05, 0.1) is 12.9 Å². The number of ether oxygens (including phenoxy) is 1. The fourth-order valence-corrected chi connectivity index (χ4v) is 5.56. The number of amides is 1. The van der Waals surface area contributed by atoms with Crippen molar-refractivity contribution in [3.8, 4) is 0 Å². The molecule has 2 saturated heterocycles. The van der Waals surface area contributed by atoms with Gasteiger partial charge in [0.2, 0.25) is 10.0 Å². The number of methoxy groups -OCH3 is 1. The van der Waals surface area contributed by atoms with Crippen LogP contribution in [0.25, 0.3) is 0 Å². The minimum Gasteiger partial charge on any atom is -0.383 e. The lowest BCUT2D eigenvalue weighted by Crippen LogP contribution is -2.54. The monoisotopic (exact) mass is 362 g/mol. The summed E-state index contributed by atoms with van der Waals surface area (Å²) in [6.45, 7) is 1.89. The van der Waals surface area contributed by atoms with Crippen molar-refractivity contribution in [1.82, 2.24) is 9.21 Å². The quantitative estimate of drug-likeness (QED) is 0.753. The van der Waals surface area contributed by atoms with Gasteiger partial charge in [-0.3, -0.25) is 4.79 Å². The Kier molecular flexibility index (Phi) is 4.68. The number of piperidine rings is 1. The van der Waals surface area contributed by atoms with Gasteiger partial charge in [0, 0.05) is 32.8 Å². The highest BCUT2D eigenvalue weighted by Gasteiger charge is 2.52. The number of alkyl halides is 1. The Morgan fingerprint density at radius 2 is 1.88 bits per heavy atom. The summed E-state index contributed by atoms with van der Waals surface area (Å²) in [5.74, 6) is -0.366. The molecule has 2 heterocycles. The molecule has 0 aromatic carbocycles. The van der Waals surface area contributed by atoms with Crippen LogP contribution in [0.1, 0.15) is 38.5 Å². The van der Waals surface area contributed by atoms with Crippen molar-refractivity contribution in [2.24, 2.45) is 5.41 Å². The number of carbonyl (C=O) groups is 1. The van der Waals surface area contributed by atoms with E-state index in [1.54, 1.807) is 12.0 Å². The molecule has 1 saturated carbocycles. The highest BCUT2D eigenvalue weighted by atomic mass is 32.2. The van der Waals surface area contributed by atoms with Crippen LogP contribution in [0.15, 0.2) is 0 Å². The average molecular weight is 362 g/mol. The van der Waals surface area contributed by atoms with Crippen molar-refractivity contribution in [2.45, 2.75) is 50.2 Å². The number of hydrogen-bond donors (Lipinski definition) is 0. The Hall–Kier alpha value is -0.730. The van der Waals surface area contributed by atoms with Crippen LogP contribution in [0.2, 0.25) is 0 Å². The van der Waals surface area contributed by atoms with E-state index < -0.39 is 15.7 Å². The van der Waals surface area contributed by atoms with Gasteiger partial charge in [0.25, 0.3) is 5.91 Å². The Morgan fingerprint density at radius 1 is 1.25 bits per heavy atom. The predicted octanol–water partition coefficient (Wildman–Crippen LogP) is 1.17. The summed E-state index contributed by atoms with van der Waals surface area (Å²) in [7, 11) is -1.71. The maximum atomic E-state index is 14.3. The van der Waals surface area contributed by atoms with Crippen LogP contribution in [0, 0.1) is 5.41 Å². The molecule has 0 aromatic rings. The minimum absolute atomic E-state index is 0.119. The lowest BCUT2D eigenvalue weighted by molar-refractivity contribution is -0.152. The second kappa shape index (κ2) is 6.21. The molecule has 1 spiro atoms. The van der Waals surface area contributed by atoms with Crippen LogP contribution in [-0.2, 0) is 19.6 Å². The van der Waals surface area contributed by atoms with E-state index in [-0.39, 0.29) is 17.4 Å². The molecular formula is C16H27FN2O4S. The molecule has 8 heteroatoms. The largest absolute Gasteiger partial charge is 0.383 e. The first kappa shape index (κ1) is 18.1. The van der Waals surface area contributed by atoms with Crippen molar-refractivity contribution in [1.29, 1.82) is 0 Å².